The third-order valence-electron chi connectivity index (χ3n) is 10.5. The zero-order valence-electron chi connectivity index (χ0n) is 33.3. The molecule has 2 aliphatic heterocycles. The quantitative estimate of drug-likeness (QED) is 0.135. The molecule has 2 fully saturated rings. The zero-order valence-corrected chi connectivity index (χ0v) is 33.3. The number of hydrogen-bond acceptors (Lipinski definition) is 14. The fraction of sp³-hybridized carbons (Fsp3) is 0.700. The van der Waals surface area contributed by atoms with Gasteiger partial charge in [0.05, 0.1) is 21.3 Å². The largest absolute Gasteiger partial charge is 0.467 e. The Labute approximate surface area is 318 Å². The van der Waals surface area contributed by atoms with Crippen molar-refractivity contribution in [1.29, 1.82) is 0 Å². The highest BCUT2D eigenvalue weighted by molar-refractivity contribution is 6.01. The van der Waals surface area contributed by atoms with Crippen LogP contribution >= 0.6 is 0 Å². The minimum Gasteiger partial charge on any atom is -0.467 e. The topological polar surface area (TPSA) is 176 Å². The Balaban J connectivity index is 2.21. The first-order chi connectivity index (χ1) is 25.5. The van der Waals surface area contributed by atoms with Gasteiger partial charge in [-0.05, 0) is 61.3 Å². The van der Waals surface area contributed by atoms with Crippen molar-refractivity contribution in [3.8, 4) is 0 Å². The molecule has 0 aliphatic carbocycles. The first kappa shape index (κ1) is 44.4. The zero-order chi connectivity index (χ0) is 40.4. The van der Waals surface area contributed by atoms with Crippen LogP contribution in [0.2, 0.25) is 0 Å². The van der Waals surface area contributed by atoms with E-state index < -0.39 is 71.1 Å². The molecule has 2 bridgehead atoms. The molecule has 14 nitrogen and oxygen atoms in total. The molecule has 1 aromatic carbocycles. The molecule has 0 spiro atoms. The lowest BCUT2D eigenvalue weighted by Crippen LogP contribution is -2.79. The van der Waals surface area contributed by atoms with E-state index in [2.05, 4.69) is 32.9 Å². The van der Waals surface area contributed by atoms with E-state index >= 15 is 0 Å². The van der Waals surface area contributed by atoms with Crippen molar-refractivity contribution in [2.24, 2.45) is 23.7 Å². The first-order valence-electron chi connectivity index (χ1n) is 18.7. The Hall–Kier alpha value is -4.04. The minimum absolute atomic E-state index is 0.0262. The monoisotopic (exact) mass is 762 g/mol. The molecule has 1 aromatic rings. The van der Waals surface area contributed by atoms with E-state index in [0.29, 0.717) is 18.8 Å². The maximum Gasteiger partial charge on any atom is 0.357 e. The third kappa shape index (κ3) is 9.42. The number of ether oxygens (including phenoxy) is 8. The summed E-state index contributed by atoms with van der Waals surface area (Å²) >= 11 is 0. The predicted octanol–water partition coefficient (Wildman–Crippen LogP) is 5.05. The van der Waals surface area contributed by atoms with Crippen molar-refractivity contribution in [3.63, 3.8) is 0 Å². The Morgan fingerprint density at radius 1 is 0.741 bits per heavy atom. The second-order valence-corrected chi connectivity index (χ2v) is 15.0. The Kier molecular flexibility index (Phi) is 15.6. The SMILES string of the molecule is CC[C@H](C)C[C@H](C)CCC(=O)O[C@@H]1[C@@H](OC(C)=O)[C@@]2(CCC(C)C[C@H](C)Cc3ccccc3)O[C@H](C(=O)OC)[C@@](OC(C)=O)(C(=O)OC)[C@]1(C(=O)OC)O2. The van der Waals surface area contributed by atoms with Gasteiger partial charge in [-0.2, -0.15) is 0 Å². The summed E-state index contributed by atoms with van der Waals surface area (Å²) in [6.45, 7) is 12.3. The van der Waals surface area contributed by atoms with Gasteiger partial charge in [-0.25, -0.2) is 14.4 Å². The fourth-order valence-corrected chi connectivity index (χ4v) is 7.89. The first-order valence-corrected chi connectivity index (χ1v) is 18.7. The average Bonchev–Trinajstić information content (AvgIpc) is 3.35. The fourth-order valence-electron chi connectivity index (χ4n) is 7.89. The molecule has 302 valence electrons. The predicted molar refractivity (Wildman–Crippen MR) is 192 cm³/mol. The number of carbonyl (C=O) groups is 6. The summed E-state index contributed by atoms with van der Waals surface area (Å²) in [5.74, 6) is -8.54. The summed E-state index contributed by atoms with van der Waals surface area (Å²) in [5, 5.41) is 0. The summed E-state index contributed by atoms with van der Waals surface area (Å²) in [7, 11) is 2.88. The van der Waals surface area contributed by atoms with Crippen molar-refractivity contribution in [1.82, 2.24) is 0 Å². The number of benzene rings is 1. The van der Waals surface area contributed by atoms with Crippen LogP contribution in [-0.2, 0) is 73.1 Å². The number of fused-ring (bicyclic) bond motifs is 2. The lowest BCUT2D eigenvalue weighted by molar-refractivity contribution is -0.376. The highest BCUT2D eigenvalue weighted by Crippen LogP contribution is 2.59. The van der Waals surface area contributed by atoms with Gasteiger partial charge in [0, 0.05) is 26.7 Å². The molecule has 0 N–H and O–H groups in total. The van der Waals surface area contributed by atoms with Gasteiger partial charge < -0.3 is 37.9 Å². The van der Waals surface area contributed by atoms with Crippen molar-refractivity contribution in [3.05, 3.63) is 35.9 Å². The number of rotatable bonds is 19. The van der Waals surface area contributed by atoms with Crippen LogP contribution in [0.1, 0.15) is 99.0 Å². The maximum atomic E-state index is 14.4. The van der Waals surface area contributed by atoms with Gasteiger partial charge in [-0.15, -0.1) is 0 Å². The molecule has 0 aromatic heterocycles. The van der Waals surface area contributed by atoms with Crippen LogP contribution in [0.5, 0.6) is 0 Å². The standard InChI is InChI=1S/C40H58O14/c1-11-24(2)21-25(3)17-18-31(43)51-33-32(50-28(6)41)38(20-19-26(4)22-27(5)23-30-15-13-12-14-16-30)53-34(35(44)47-8)39(36(45)48-9,52-29(7)42)40(33,54-38)37(46)49-10/h12-16,24-27,32-34H,11,17-23H2,1-10H3/t24-,25+,26?,27-,32+,33+,34+,38-,39+,40-/m0/s1. The van der Waals surface area contributed by atoms with Gasteiger partial charge in [0.15, 0.2) is 12.2 Å². The molecule has 2 aliphatic rings. The molecule has 10 atom stereocenters. The van der Waals surface area contributed by atoms with E-state index in [1.165, 1.54) is 5.56 Å². The van der Waals surface area contributed by atoms with Gasteiger partial charge in [0.2, 0.25) is 11.9 Å². The average molecular weight is 763 g/mol. The minimum atomic E-state index is -3.16. The van der Waals surface area contributed by atoms with Crippen LogP contribution in [0.3, 0.4) is 0 Å². The van der Waals surface area contributed by atoms with E-state index in [4.69, 9.17) is 37.9 Å². The molecule has 54 heavy (non-hydrogen) atoms. The smallest absolute Gasteiger partial charge is 0.357 e. The highest BCUT2D eigenvalue weighted by Gasteiger charge is 2.89. The summed E-state index contributed by atoms with van der Waals surface area (Å²) in [6, 6.07) is 10.0. The van der Waals surface area contributed by atoms with Crippen LogP contribution in [-0.4, -0.2) is 92.4 Å². The molecule has 1 unspecified atom stereocenters. The number of carbonyl (C=O) groups excluding carboxylic acids is 6. The van der Waals surface area contributed by atoms with Crippen molar-refractivity contribution >= 4 is 35.8 Å². The third-order valence-corrected chi connectivity index (χ3v) is 10.5. The normalized spacial score (nSPS) is 28.1. The second kappa shape index (κ2) is 19.0. The number of hydrogen-bond donors (Lipinski definition) is 0. The summed E-state index contributed by atoms with van der Waals surface area (Å²) in [6.07, 6.45) is -2.30. The maximum absolute atomic E-state index is 14.4. The van der Waals surface area contributed by atoms with Crippen LogP contribution in [0.25, 0.3) is 0 Å². The molecule has 3 rings (SSSR count). The van der Waals surface area contributed by atoms with E-state index in [-0.39, 0.29) is 30.6 Å². The molecule has 0 amide bonds. The van der Waals surface area contributed by atoms with E-state index in [9.17, 15) is 28.8 Å². The number of methoxy groups -OCH3 is 3. The highest BCUT2D eigenvalue weighted by atomic mass is 16.8. The van der Waals surface area contributed by atoms with Crippen LogP contribution < -0.4 is 0 Å². The molecule has 2 heterocycles. The van der Waals surface area contributed by atoms with Gasteiger partial charge in [0.1, 0.15) is 0 Å². The van der Waals surface area contributed by atoms with E-state index in [0.717, 1.165) is 60.9 Å². The molecule has 0 saturated carbocycles. The molecule has 2 saturated heterocycles. The second-order valence-electron chi connectivity index (χ2n) is 15.0. The lowest BCUT2D eigenvalue weighted by Gasteiger charge is -2.51. The van der Waals surface area contributed by atoms with Gasteiger partial charge in [-0.1, -0.05) is 71.4 Å². The Morgan fingerprint density at radius 2 is 1.35 bits per heavy atom. The Bertz CT molecular complexity index is 1480. The van der Waals surface area contributed by atoms with E-state index in [1.54, 1.807) is 0 Å². The Morgan fingerprint density at radius 3 is 1.91 bits per heavy atom. The van der Waals surface area contributed by atoms with Crippen molar-refractivity contribution in [2.75, 3.05) is 21.3 Å². The summed E-state index contributed by atoms with van der Waals surface area (Å²) in [4.78, 5) is 81.7. The van der Waals surface area contributed by atoms with Gasteiger partial charge in [-0.3, -0.25) is 14.4 Å². The molecule has 0 radical (unpaired) electrons. The summed E-state index contributed by atoms with van der Waals surface area (Å²) in [5.41, 5.74) is -4.98. The van der Waals surface area contributed by atoms with Crippen LogP contribution in [0.4, 0.5) is 0 Å². The molecular formula is C40H58O14. The summed E-state index contributed by atoms with van der Waals surface area (Å²) < 4.78 is 45.6. The van der Waals surface area contributed by atoms with Gasteiger partial charge >= 0.3 is 35.8 Å². The van der Waals surface area contributed by atoms with Crippen LogP contribution in [0, 0.1) is 23.7 Å². The van der Waals surface area contributed by atoms with Gasteiger partial charge in [0.25, 0.3) is 11.2 Å². The van der Waals surface area contributed by atoms with Crippen LogP contribution in [0.15, 0.2) is 30.3 Å². The van der Waals surface area contributed by atoms with E-state index in [1.807, 2.05) is 32.0 Å². The molecular weight excluding hydrogens is 704 g/mol. The van der Waals surface area contributed by atoms with Crippen molar-refractivity contribution < 1.29 is 66.7 Å². The van der Waals surface area contributed by atoms with Crippen molar-refractivity contribution in [2.45, 2.75) is 135 Å². The lowest BCUT2D eigenvalue weighted by atomic mass is 9.73. The number of esters is 6. The molecule has 14 heteroatoms.